The van der Waals surface area contributed by atoms with Gasteiger partial charge >= 0.3 is 6.03 Å². The summed E-state index contributed by atoms with van der Waals surface area (Å²) in [4.78, 5) is 11.9. The first-order chi connectivity index (χ1) is 10.4. The van der Waals surface area contributed by atoms with E-state index in [-0.39, 0.29) is 17.9 Å². The second-order valence-electron chi connectivity index (χ2n) is 6.50. The minimum absolute atomic E-state index is 0.135. The number of halogens is 2. The van der Waals surface area contributed by atoms with E-state index >= 15 is 0 Å². The maximum Gasteiger partial charge on any atom is 0.315 e. The van der Waals surface area contributed by atoms with E-state index in [4.69, 9.17) is 11.6 Å². The average molecular weight is 327 g/mol. The number of carbonyl (C=O) groups excluding carboxylic acids is 1. The van der Waals surface area contributed by atoms with E-state index in [1.807, 2.05) is 0 Å². The van der Waals surface area contributed by atoms with Gasteiger partial charge in [0.1, 0.15) is 5.82 Å². The zero-order chi connectivity index (χ0) is 16.1. The number of amides is 2. The van der Waals surface area contributed by atoms with Crippen molar-refractivity contribution < 1.29 is 9.18 Å². The van der Waals surface area contributed by atoms with Gasteiger partial charge in [-0.1, -0.05) is 31.5 Å². The van der Waals surface area contributed by atoms with Crippen LogP contribution in [0.4, 0.5) is 9.18 Å². The second-order valence-corrected chi connectivity index (χ2v) is 6.91. The molecule has 3 nitrogen and oxygen atoms in total. The molecule has 2 rings (SSSR count). The van der Waals surface area contributed by atoms with Crippen LogP contribution in [0.2, 0.25) is 5.02 Å². The topological polar surface area (TPSA) is 41.1 Å². The molecule has 1 aliphatic carbocycles. The Bertz CT molecular complexity index is 513. The molecule has 0 bridgehead atoms. The van der Waals surface area contributed by atoms with Crippen LogP contribution in [0.15, 0.2) is 18.2 Å². The van der Waals surface area contributed by atoms with E-state index < -0.39 is 0 Å². The van der Waals surface area contributed by atoms with E-state index in [0.717, 1.165) is 18.4 Å². The van der Waals surface area contributed by atoms with Crippen molar-refractivity contribution in [1.29, 1.82) is 0 Å². The quantitative estimate of drug-likeness (QED) is 0.857. The van der Waals surface area contributed by atoms with E-state index in [2.05, 4.69) is 24.5 Å². The Kier molecular flexibility index (Phi) is 6.07. The Balaban J connectivity index is 1.73. The highest BCUT2D eigenvalue weighted by atomic mass is 35.5. The molecule has 0 aromatic heterocycles. The monoisotopic (exact) mass is 326 g/mol. The maximum absolute atomic E-state index is 13.0. The van der Waals surface area contributed by atoms with Crippen molar-refractivity contribution >= 4 is 17.6 Å². The summed E-state index contributed by atoms with van der Waals surface area (Å²) in [5, 5.41) is 6.29. The lowest BCUT2D eigenvalue weighted by atomic mass is 9.80. The molecular formula is C17H24ClFN2O. The Labute approximate surface area is 136 Å². The molecule has 1 aromatic carbocycles. The van der Waals surface area contributed by atoms with Gasteiger partial charge < -0.3 is 10.6 Å². The van der Waals surface area contributed by atoms with Gasteiger partial charge in [0.25, 0.3) is 0 Å². The van der Waals surface area contributed by atoms with Gasteiger partial charge in [0.05, 0.1) is 0 Å². The van der Waals surface area contributed by atoms with Gasteiger partial charge in [-0.05, 0) is 55.2 Å². The molecule has 0 spiro atoms. The predicted molar refractivity (Wildman–Crippen MR) is 87.6 cm³/mol. The number of hydrogen-bond donors (Lipinski definition) is 2. The Morgan fingerprint density at radius 2 is 1.95 bits per heavy atom. The Morgan fingerprint density at radius 1 is 1.27 bits per heavy atom. The Hall–Kier alpha value is -1.29. The van der Waals surface area contributed by atoms with Crippen LogP contribution in [0, 0.1) is 17.7 Å². The molecule has 0 saturated heterocycles. The summed E-state index contributed by atoms with van der Waals surface area (Å²) >= 11 is 5.96. The van der Waals surface area contributed by atoms with Gasteiger partial charge in [-0.2, -0.15) is 0 Å². The molecule has 0 heterocycles. The number of hydrogen-bond acceptors (Lipinski definition) is 1. The molecule has 2 atom stereocenters. The van der Waals surface area contributed by atoms with Crippen LogP contribution in [-0.4, -0.2) is 18.6 Å². The highest BCUT2D eigenvalue weighted by Crippen LogP contribution is 2.28. The van der Waals surface area contributed by atoms with Gasteiger partial charge in [-0.15, -0.1) is 0 Å². The minimum atomic E-state index is -0.347. The normalized spacial score (nSPS) is 24.8. The van der Waals surface area contributed by atoms with Crippen LogP contribution in [0.25, 0.3) is 0 Å². The molecular weight excluding hydrogens is 303 g/mol. The van der Waals surface area contributed by atoms with Crippen molar-refractivity contribution in [2.75, 3.05) is 6.54 Å². The summed E-state index contributed by atoms with van der Waals surface area (Å²) in [7, 11) is 0. The molecule has 0 radical (unpaired) electrons. The summed E-state index contributed by atoms with van der Waals surface area (Å²) in [6, 6.07) is 4.45. The molecule has 2 N–H and O–H groups in total. The number of rotatable bonds is 4. The van der Waals surface area contributed by atoms with Crippen LogP contribution < -0.4 is 10.6 Å². The molecule has 2 amide bonds. The van der Waals surface area contributed by atoms with Crippen molar-refractivity contribution in [2.45, 2.75) is 45.6 Å². The third-order valence-electron chi connectivity index (χ3n) is 4.21. The molecule has 22 heavy (non-hydrogen) atoms. The zero-order valence-electron chi connectivity index (χ0n) is 13.2. The third-order valence-corrected chi connectivity index (χ3v) is 4.56. The minimum Gasteiger partial charge on any atom is -0.338 e. The summed E-state index contributed by atoms with van der Waals surface area (Å²) in [5.74, 6) is 0.971. The highest BCUT2D eigenvalue weighted by Gasteiger charge is 2.24. The molecule has 2 unspecified atom stereocenters. The second kappa shape index (κ2) is 7.82. The van der Waals surface area contributed by atoms with Crippen LogP contribution in [0.1, 0.15) is 38.7 Å². The van der Waals surface area contributed by atoms with E-state index in [0.29, 0.717) is 29.8 Å². The maximum atomic E-state index is 13.0. The number of urea groups is 1. The lowest BCUT2D eigenvalue weighted by Crippen LogP contribution is -2.45. The summed E-state index contributed by atoms with van der Waals surface area (Å²) in [6.45, 7) is 4.95. The number of carbonyl (C=O) groups is 1. The number of benzene rings is 1. The molecule has 1 fully saturated rings. The van der Waals surface area contributed by atoms with Crippen LogP contribution >= 0.6 is 11.6 Å². The molecule has 5 heteroatoms. The van der Waals surface area contributed by atoms with Crippen molar-refractivity contribution in [3.05, 3.63) is 34.6 Å². The summed E-state index contributed by atoms with van der Waals surface area (Å²) in [6.07, 6.45) is 3.91. The van der Waals surface area contributed by atoms with Gasteiger partial charge in [0.2, 0.25) is 0 Å². The van der Waals surface area contributed by atoms with Crippen molar-refractivity contribution in [3.63, 3.8) is 0 Å². The number of nitrogens with one attached hydrogen (secondary N) is 2. The summed E-state index contributed by atoms with van der Waals surface area (Å²) < 4.78 is 13.0. The van der Waals surface area contributed by atoms with Crippen LogP contribution in [0.3, 0.4) is 0 Å². The lowest BCUT2D eigenvalue weighted by Gasteiger charge is -2.31. The van der Waals surface area contributed by atoms with Gasteiger partial charge in [0.15, 0.2) is 0 Å². The zero-order valence-corrected chi connectivity index (χ0v) is 13.9. The fourth-order valence-electron chi connectivity index (χ4n) is 3.34. The van der Waals surface area contributed by atoms with Gasteiger partial charge in [-0.25, -0.2) is 9.18 Å². The lowest BCUT2D eigenvalue weighted by molar-refractivity contribution is 0.213. The summed E-state index contributed by atoms with van der Waals surface area (Å²) in [5.41, 5.74) is 0.836. The average Bonchev–Trinajstić information content (AvgIpc) is 2.40. The van der Waals surface area contributed by atoms with Gasteiger partial charge in [-0.3, -0.25) is 0 Å². The Morgan fingerprint density at radius 3 is 2.59 bits per heavy atom. The van der Waals surface area contributed by atoms with E-state index in [9.17, 15) is 9.18 Å². The molecule has 1 saturated carbocycles. The molecule has 1 aromatic rings. The highest BCUT2D eigenvalue weighted by molar-refractivity contribution is 6.31. The third kappa shape index (κ3) is 5.16. The fraction of sp³-hybridized carbons (Fsp3) is 0.588. The molecule has 122 valence electrons. The fourth-order valence-corrected chi connectivity index (χ4v) is 3.60. The largest absolute Gasteiger partial charge is 0.338 e. The predicted octanol–water partition coefficient (Wildman–Crippen LogP) is 4.15. The van der Waals surface area contributed by atoms with Crippen LogP contribution in [0.5, 0.6) is 0 Å². The SMILES string of the molecule is CC1CC(C)CC(NC(=O)NCCc2ccc(F)cc2Cl)C1. The van der Waals surface area contributed by atoms with Crippen LogP contribution in [-0.2, 0) is 6.42 Å². The van der Waals surface area contributed by atoms with E-state index in [1.54, 1.807) is 6.07 Å². The van der Waals surface area contributed by atoms with E-state index in [1.165, 1.54) is 18.6 Å². The first kappa shape index (κ1) is 17.1. The van der Waals surface area contributed by atoms with Crippen molar-refractivity contribution in [2.24, 2.45) is 11.8 Å². The van der Waals surface area contributed by atoms with Crippen molar-refractivity contribution in [1.82, 2.24) is 10.6 Å². The van der Waals surface area contributed by atoms with Crippen molar-refractivity contribution in [3.8, 4) is 0 Å². The van der Waals surface area contributed by atoms with Gasteiger partial charge in [0, 0.05) is 17.6 Å². The smallest absolute Gasteiger partial charge is 0.315 e. The molecule has 1 aliphatic rings. The first-order valence-electron chi connectivity index (χ1n) is 7.92. The standard InChI is InChI=1S/C17H24ClFN2O/c1-11-7-12(2)9-15(8-11)21-17(22)20-6-5-13-3-4-14(19)10-16(13)18/h3-4,10-12,15H,5-9H2,1-2H3,(H2,20,21,22). The first-order valence-corrected chi connectivity index (χ1v) is 8.30. The molecule has 0 aliphatic heterocycles.